The Balaban J connectivity index is 2.29. The lowest BCUT2D eigenvalue weighted by molar-refractivity contribution is 0.0696. The predicted molar refractivity (Wildman–Crippen MR) is 84.6 cm³/mol. The molecule has 0 spiro atoms. The van der Waals surface area contributed by atoms with Crippen molar-refractivity contribution in [3.05, 3.63) is 58.6 Å². The van der Waals surface area contributed by atoms with Crippen molar-refractivity contribution in [2.75, 3.05) is 11.6 Å². The summed E-state index contributed by atoms with van der Waals surface area (Å²) in [5.74, 6) is -1.41. The highest BCUT2D eigenvalue weighted by Gasteiger charge is 2.12. The van der Waals surface area contributed by atoms with Gasteiger partial charge in [-0.15, -0.1) is 11.8 Å². The van der Waals surface area contributed by atoms with Crippen LogP contribution in [0.25, 0.3) is 0 Å². The molecule has 108 valence electrons. The molecule has 2 aromatic rings. The summed E-state index contributed by atoms with van der Waals surface area (Å²) in [6.07, 6.45) is 1.88. The van der Waals surface area contributed by atoms with Crippen molar-refractivity contribution in [1.82, 2.24) is 0 Å². The van der Waals surface area contributed by atoms with Gasteiger partial charge in [0, 0.05) is 15.6 Å². The highest BCUT2D eigenvalue weighted by molar-refractivity contribution is 7.98. The number of carbonyl (C=O) groups excluding carboxylic acids is 1. The lowest BCUT2D eigenvalue weighted by Crippen LogP contribution is -2.13. The number of aromatic carboxylic acids is 1. The maximum atomic E-state index is 12.3. The van der Waals surface area contributed by atoms with Crippen LogP contribution >= 0.6 is 23.4 Å². The van der Waals surface area contributed by atoms with E-state index in [-0.39, 0.29) is 16.5 Å². The molecule has 0 aromatic heterocycles. The second-order valence-electron chi connectivity index (χ2n) is 4.19. The molecule has 0 radical (unpaired) electrons. The first kappa shape index (κ1) is 15.4. The molecule has 0 fully saturated rings. The van der Waals surface area contributed by atoms with Gasteiger partial charge in [0.15, 0.2) is 0 Å². The molecule has 0 aliphatic heterocycles. The molecule has 0 heterocycles. The van der Waals surface area contributed by atoms with Crippen LogP contribution in [0.2, 0.25) is 5.02 Å². The van der Waals surface area contributed by atoms with E-state index in [1.54, 1.807) is 12.1 Å². The number of carboxylic acid groups (broad SMARTS) is 1. The molecule has 2 N–H and O–H groups in total. The lowest BCUT2D eigenvalue weighted by Gasteiger charge is -2.09. The summed E-state index contributed by atoms with van der Waals surface area (Å²) >= 11 is 7.33. The van der Waals surface area contributed by atoms with E-state index in [1.165, 1.54) is 30.0 Å². The van der Waals surface area contributed by atoms with Crippen LogP contribution in [0.15, 0.2) is 47.4 Å². The van der Waals surface area contributed by atoms with Gasteiger partial charge in [-0.05, 0) is 36.6 Å². The van der Waals surface area contributed by atoms with Crippen molar-refractivity contribution in [3.8, 4) is 0 Å². The maximum absolute atomic E-state index is 12.3. The molecule has 2 aromatic carbocycles. The number of halogens is 1. The van der Waals surface area contributed by atoms with Gasteiger partial charge in [-0.3, -0.25) is 4.79 Å². The van der Waals surface area contributed by atoms with Crippen molar-refractivity contribution in [2.45, 2.75) is 4.90 Å². The number of nitrogens with one attached hydrogen (secondary N) is 1. The number of hydrogen-bond donors (Lipinski definition) is 2. The van der Waals surface area contributed by atoms with E-state index in [0.29, 0.717) is 11.3 Å². The first-order valence-corrected chi connectivity index (χ1v) is 7.60. The van der Waals surface area contributed by atoms with E-state index >= 15 is 0 Å². The molecule has 0 saturated carbocycles. The highest BCUT2D eigenvalue weighted by atomic mass is 35.5. The summed E-state index contributed by atoms with van der Waals surface area (Å²) in [5.41, 5.74) is 0.901. The summed E-state index contributed by atoms with van der Waals surface area (Å²) < 4.78 is 0. The minimum atomic E-state index is -1.10. The van der Waals surface area contributed by atoms with E-state index in [9.17, 15) is 9.59 Å². The third-order valence-corrected chi connectivity index (χ3v) is 3.77. The summed E-state index contributed by atoms with van der Waals surface area (Å²) in [6.45, 7) is 0. The van der Waals surface area contributed by atoms with Crippen LogP contribution < -0.4 is 5.32 Å². The Labute approximate surface area is 131 Å². The standard InChI is InChI=1S/C15H12ClNO3S/c1-21-13-5-3-2-4-12(13)14(18)17-11-7-9(15(19)20)6-10(16)8-11/h2-8H,1H3,(H,17,18)(H,19,20). The zero-order chi connectivity index (χ0) is 15.4. The van der Waals surface area contributed by atoms with E-state index in [2.05, 4.69) is 5.32 Å². The number of amides is 1. The first-order chi connectivity index (χ1) is 10.0. The molecular formula is C15H12ClNO3S. The summed E-state index contributed by atoms with van der Waals surface area (Å²) in [6, 6.07) is 11.4. The lowest BCUT2D eigenvalue weighted by atomic mass is 10.1. The number of anilines is 1. The van der Waals surface area contributed by atoms with Crippen LogP contribution in [0.1, 0.15) is 20.7 Å². The Morgan fingerprint density at radius 3 is 2.57 bits per heavy atom. The number of rotatable bonds is 4. The summed E-state index contributed by atoms with van der Waals surface area (Å²) in [5, 5.41) is 11.9. The van der Waals surface area contributed by atoms with Crippen LogP contribution in [-0.2, 0) is 0 Å². The van der Waals surface area contributed by atoms with E-state index in [0.717, 1.165) is 4.90 Å². The third-order valence-electron chi connectivity index (χ3n) is 2.75. The quantitative estimate of drug-likeness (QED) is 0.835. The van der Waals surface area contributed by atoms with Gasteiger partial charge in [0.1, 0.15) is 0 Å². The molecular weight excluding hydrogens is 310 g/mol. The smallest absolute Gasteiger partial charge is 0.335 e. The molecule has 6 heteroatoms. The average molecular weight is 322 g/mol. The molecule has 21 heavy (non-hydrogen) atoms. The number of carboxylic acids is 1. The second kappa shape index (κ2) is 6.65. The molecule has 0 saturated heterocycles. The number of benzene rings is 2. The van der Waals surface area contributed by atoms with Crippen LogP contribution in [-0.4, -0.2) is 23.2 Å². The van der Waals surface area contributed by atoms with Gasteiger partial charge >= 0.3 is 5.97 Å². The van der Waals surface area contributed by atoms with Crippen molar-refractivity contribution in [1.29, 1.82) is 0 Å². The fraction of sp³-hybridized carbons (Fsp3) is 0.0667. The van der Waals surface area contributed by atoms with Crippen LogP contribution in [0.3, 0.4) is 0 Å². The molecule has 0 atom stereocenters. The topological polar surface area (TPSA) is 66.4 Å². The van der Waals surface area contributed by atoms with Crippen LogP contribution in [0, 0.1) is 0 Å². The highest BCUT2D eigenvalue weighted by Crippen LogP contribution is 2.23. The zero-order valence-electron chi connectivity index (χ0n) is 11.1. The first-order valence-electron chi connectivity index (χ1n) is 5.99. The van der Waals surface area contributed by atoms with Gasteiger partial charge < -0.3 is 10.4 Å². The Hall–Kier alpha value is -1.98. The molecule has 4 nitrogen and oxygen atoms in total. The largest absolute Gasteiger partial charge is 0.478 e. The van der Waals surface area contributed by atoms with Gasteiger partial charge in [0.05, 0.1) is 11.1 Å². The second-order valence-corrected chi connectivity index (χ2v) is 5.47. The Morgan fingerprint density at radius 1 is 1.19 bits per heavy atom. The van der Waals surface area contributed by atoms with Crippen molar-refractivity contribution >= 4 is 40.9 Å². The van der Waals surface area contributed by atoms with E-state index < -0.39 is 5.97 Å². The summed E-state index contributed by atoms with van der Waals surface area (Å²) in [4.78, 5) is 24.1. The Morgan fingerprint density at radius 2 is 1.90 bits per heavy atom. The van der Waals surface area contributed by atoms with Gasteiger partial charge in [0.2, 0.25) is 0 Å². The average Bonchev–Trinajstić information content (AvgIpc) is 2.46. The van der Waals surface area contributed by atoms with Crippen molar-refractivity contribution in [2.24, 2.45) is 0 Å². The minimum absolute atomic E-state index is 0.0240. The monoisotopic (exact) mass is 321 g/mol. The van der Waals surface area contributed by atoms with Crippen LogP contribution in [0.5, 0.6) is 0 Å². The van der Waals surface area contributed by atoms with Gasteiger partial charge in [-0.1, -0.05) is 23.7 Å². The number of thioether (sulfide) groups is 1. The maximum Gasteiger partial charge on any atom is 0.335 e. The Kier molecular flexibility index (Phi) is 4.88. The van der Waals surface area contributed by atoms with Crippen molar-refractivity contribution in [3.63, 3.8) is 0 Å². The molecule has 1 amide bonds. The predicted octanol–water partition coefficient (Wildman–Crippen LogP) is 4.01. The van der Waals surface area contributed by atoms with E-state index in [1.807, 2.05) is 18.4 Å². The molecule has 0 aliphatic rings. The molecule has 0 unspecified atom stereocenters. The zero-order valence-corrected chi connectivity index (χ0v) is 12.7. The fourth-order valence-electron chi connectivity index (χ4n) is 1.82. The molecule has 2 rings (SSSR count). The Bertz CT molecular complexity index is 703. The van der Waals surface area contributed by atoms with Gasteiger partial charge in [-0.2, -0.15) is 0 Å². The molecule has 0 bridgehead atoms. The number of hydrogen-bond acceptors (Lipinski definition) is 3. The SMILES string of the molecule is CSc1ccccc1C(=O)Nc1cc(Cl)cc(C(=O)O)c1. The number of carbonyl (C=O) groups is 2. The molecule has 0 aliphatic carbocycles. The van der Waals surface area contributed by atoms with Crippen molar-refractivity contribution < 1.29 is 14.7 Å². The minimum Gasteiger partial charge on any atom is -0.478 e. The van der Waals surface area contributed by atoms with Gasteiger partial charge in [-0.25, -0.2) is 4.79 Å². The van der Waals surface area contributed by atoms with Crippen LogP contribution in [0.4, 0.5) is 5.69 Å². The third kappa shape index (κ3) is 3.77. The van der Waals surface area contributed by atoms with E-state index in [4.69, 9.17) is 16.7 Å². The summed E-state index contributed by atoms with van der Waals surface area (Å²) in [7, 11) is 0. The normalized spacial score (nSPS) is 10.2. The fourth-order valence-corrected chi connectivity index (χ4v) is 2.65. The van der Waals surface area contributed by atoms with Gasteiger partial charge in [0.25, 0.3) is 5.91 Å².